The fourth-order valence-electron chi connectivity index (χ4n) is 2.26. The van der Waals surface area contributed by atoms with E-state index in [-0.39, 0.29) is 11.4 Å². The van der Waals surface area contributed by atoms with Crippen molar-refractivity contribution in [2.24, 2.45) is 0 Å². The summed E-state index contributed by atoms with van der Waals surface area (Å²) in [7, 11) is -3.55. The Hall–Kier alpha value is -1.66. The van der Waals surface area contributed by atoms with Crippen LogP contribution in [0.4, 0.5) is 0 Å². The Morgan fingerprint density at radius 3 is 2.40 bits per heavy atom. The van der Waals surface area contributed by atoms with Crippen LogP contribution in [-0.2, 0) is 23.0 Å². The minimum absolute atomic E-state index is 0.242. The normalized spacial score (nSPS) is 11.8. The number of nitrogens with zero attached hydrogens (tertiary/aromatic N) is 1. The number of sulfonamides is 1. The summed E-state index contributed by atoms with van der Waals surface area (Å²) in [5.74, 6) is 0. The third-order valence-corrected chi connectivity index (χ3v) is 4.94. The van der Waals surface area contributed by atoms with Crippen LogP contribution in [0, 0.1) is 13.8 Å². The molecule has 1 aromatic heterocycles. The van der Waals surface area contributed by atoms with E-state index in [9.17, 15) is 8.42 Å². The monoisotopic (exact) mass is 293 g/mol. The van der Waals surface area contributed by atoms with Crippen LogP contribution >= 0.6 is 0 Å². The average molecular weight is 293 g/mol. The molecule has 0 atom stereocenters. The zero-order valence-electron chi connectivity index (χ0n) is 11.9. The molecule has 0 aliphatic carbocycles. The Kier molecular flexibility index (Phi) is 4.25. The van der Waals surface area contributed by atoms with Crippen LogP contribution < -0.4 is 4.72 Å². The van der Waals surface area contributed by atoms with Crippen molar-refractivity contribution in [3.8, 4) is 0 Å². The lowest BCUT2D eigenvalue weighted by atomic mass is 10.1. The van der Waals surface area contributed by atoms with E-state index in [0.29, 0.717) is 11.4 Å². The van der Waals surface area contributed by atoms with Gasteiger partial charge in [0.05, 0.1) is 11.4 Å². The Labute approximate surface area is 119 Å². The molecule has 0 saturated carbocycles. The van der Waals surface area contributed by atoms with E-state index in [1.54, 1.807) is 13.8 Å². The van der Waals surface area contributed by atoms with Gasteiger partial charge >= 0.3 is 0 Å². The first kappa shape index (κ1) is 14.7. The summed E-state index contributed by atoms with van der Waals surface area (Å²) >= 11 is 0. The molecule has 0 amide bonds. The predicted molar refractivity (Wildman–Crippen MR) is 77.9 cm³/mol. The third-order valence-electron chi connectivity index (χ3n) is 3.28. The van der Waals surface area contributed by atoms with Crippen LogP contribution in [0.15, 0.2) is 29.2 Å². The molecule has 20 heavy (non-hydrogen) atoms. The molecule has 0 bridgehead atoms. The Morgan fingerprint density at radius 2 is 1.85 bits per heavy atom. The molecule has 5 nitrogen and oxygen atoms in total. The Balaban J connectivity index is 2.22. The maximum absolute atomic E-state index is 12.3. The van der Waals surface area contributed by atoms with Crippen LogP contribution in [0.25, 0.3) is 0 Å². The molecule has 1 aromatic carbocycles. The molecule has 0 fully saturated rings. The summed E-state index contributed by atoms with van der Waals surface area (Å²) < 4.78 is 27.3. The second-order valence-electron chi connectivity index (χ2n) is 4.71. The number of hydrogen-bond donors (Lipinski definition) is 2. The number of aromatic amines is 1. The maximum Gasteiger partial charge on any atom is 0.244 e. The average Bonchev–Trinajstić information content (AvgIpc) is 2.77. The zero-order chi connectivity index (χ0) is 14.8. The Bertz CT molecular complexity index is 685. The van der Waals surface area contributed by atoms with Crippen LogP contribution in [0.1, 0.15) is 29.4 Å². The van der Waals surface area contributed by atoms with Gasteiger partial charge in [-0.15, -0.1) is 0 Å². The summed E-state index contributed by atoms with van der Waals surface area (Å²) in [6.07, 6.45) is 0.877. The minimum atomic E-state index is -3.55. The molecule has 108 valence electrons. The number of benzene rings is 1. The molecule has 6 heteroatoms. The van der Waals surface area contributed by atoms with Gasteiger partial charge in [-0.1, -0.05) is 31.2 Å². The largest absolute Gasteiger partial charge is 0.281 e. The maximum atomic E-state index is 12.3. The molecule has 0 radical (unpaired) electrons. The van der Waals surface area contributed by atoms with E-state index in [2.05, 4.69) is 21.8 Å². The fourth-order valence-corrected chi connectivity index (χ4v) is 3.63. The molecule has 0 spiro atoms. The molecule has 1 heterocycles. The van der Waals surface area contributed by atoms with Gasteiger partial charge in [-0.25, -0.2) is 13.1 Å². The first-order valence-corrected chi connectivity index (χ1v) is 8.02. The van der Waals surface area contributed by atoms with Crippen molar-refractivity contribution in [3.05, 3.63) is 46.8 Å². The van der Waals surface area contributed by atoms with Gasteiger partial charge in [0.15, 0.2) is 0 Å². The second kappa shape index (κ2) is 5.76. The summed E-state index contributed by atoms with van der Waals surface area (Å²) in [6, 6.07) is 7.83. The second-order valence-corrected chi connectivity index (χ2v) is 6.41. The van der Waals surface area contributed by atoms with E-state index >= 15 is 0 Å². The van der Waals surface area contributed by atoms with Crippen molar-refractivity contribution in [2.75, 3.05) is 0 Å². The topological polar surface area (TPSA) is 74.8 Å². The summed E-state index contributed by atoms with van der Waals surface area (Å²) in [6.45, 7) is 5.72. The number of aromatic nitrogens is 2. The predicted octanol–water partition coefficient (Wildman–Crippen LogP) is 2.07. The lowest BCUT2D eigenvalue weighted by molar-refractivity contribution is 0.580. The summed E-state index contributed by atoms with van der Waals surface area (Å²) in [4.78, 5) is 0.242. The highest BCUT2D eigenvalue weighted by Crippen LogP contribution is 2.17. The van der Waals surface area contributed by atoms with Gasteiger partial charge in [-0.2, -0.15) is 5.10 Å². The van der Waals surface area contributed by atoms with E-state index in [1.165, 1.54) is 0 Å². The van der Waals surface area contributed by atoms with Gasteiger partial charge in [0.25, 0.3) is 0 Å². The highest BCUT2D eigenvalue weighted by molar-refractivity contribution is 7.89. The fraction of sp³-hybridized carbons (Fsp3) is 0.357. The minimum Gasteiger partial charge on any atom is -0.281 e. The van der Waals surface area contributed by atoms with Gasteiger partial charge in [0.2, 0.25) is 10.0 Å². The molecular weight excluding hydrogens is 274 g/mol. The van der Waals surface area contributed by atoms with Crippen LogP contribution in [-0.4, -0.2) is 18.6 Å². The number of aryl methyl sites for hydroxylation is 3. The Morgan fingerprint density at radius 1 is 1.20 bits per heavy atom. The standard InChI is InChI=1S/C14H19N3O2S/c1-4-12-7-5-6-8-13(12)9-15-20(18,19)14-10(2)16-17-11(14)3/h5-8,15H,4,9H2,1-3H3,(H,16,17). The zero-order valence-corrected chi connectivity index (χ0v) is 12.7. The van der Waals surface area contributed by atoms with Crippen molar-refractivity contribution in [2.45, 2.75) is 38.6 Å². The van der Waals surface area contributed by atoms with Crippen LogP contribution in [0.2, 0.25) is 0 Å². The number of hydrogen-bond acceptors (Lipinski definition) is 3. The molecule has 2 N–H and O–H groups in total. The highest BCUT2D eigenvalue weighted by atomic mass is 32.2. The highest BCUT2D eigenvalue weighted by Gasteiger charge is 2.21. The first-order chi connectivity index (χ1) is 9.45. The number of nitrogens with one attached hydrogen (secondary N) is 2. The quantitative estimate of drug-likeness (QED) is 0.886. The number of H-pyrrole nitrogens is 1. The van der Waals surface area contributed by atoms with Crippen molar-refractivity contribution in [1.82, 2.24) is 14.9 Å². The van der Waals surface area contributed by atoms with Gasteiger partial charge in [-0.3, -0.25) is 5.10 Å². The van der Waals surface area contributed by atoms with E-state index in [4.69, 9.17) is 0 Å². The molecule has 0 aliphatic heterocycles. The molecular formula is C14H19N3O2S. The van der Waals surface area contributed by atoms with E-state index < -0.39 is 10.0 Å². The van der Waals surface area contributed by atoms with Crippen molar-refractivity contribution in [3.63, 3.8) is 0 Å². The van der Waals surface area contributed by atoms with Gasteiger partial charge in [0, 0.05) is 6.54 Å². The lowest BCUT2D eigenvalue weighted by Crippen LogP contribution is -2.24. The molecule has 2 aromatic rings. The number of rotatable bonds is 5. The van der Waals surface area contributed by atoms with Crippen LogP contribution in [0.3, 0.4) is 0 Å². The van der Waals surface area contributed by atoms with Crippen molar-refractivity contribution in [1.29, 1.82) is 0 Å². The SMILES string of the molecule is CCc1ccccc1CNS(=O)(=O)c1c(C)n[nH]c1C. The lowest BCUT2D eigenvalue weighted by Gasteiger charge is -2.10. The van der Waals surface area contributed by atoms with E-state index in [0.717, 1.165) is 17.5 Å². The first-order valence-electron chi connectivity index (χ1n) is 6.53. The van der Waals surface area contributed by atoms with Crippen molar-refractivity contribution >= 4 is 10.0 Å². The van der Waals surface area contributed by atoms with E-state index in [1.807, 2.05) is 24.3 Å². The molecule has 2 rings (SSSR count). The molecule has 0 aliphatic rings. The van der Waals surface area contributed by atoms with Gasteiger partial charge in [-0.05, 0) is 31.4 Å². The third kappa shape index (κ3) is 2.91. The summed E-state index contributed by atoms with van der Waals surface area (Å²) in [5.41, 5.74) is 3.19. The smallest absolute Gasteiger partial charge is 0.244 e. The van der Waals surface area contributed by atoms with Crippen LogP contribution in [0.5, 0.6) is 0 Å². The molecule has 0 saturated heterocycles. The summed E-state index contributed by atoms with van der Waals surface area (Å²) in [5, 5.41) is 6.62. The van der Waals surface area contributed by atoms with Gasteiger partial charge < -0.3 is 0 Å². The van der Waals surface area contributed by atoms with Crippen molar-refractivity contribution < 1.29 is 8.42 Å². The van der Waals surface area contributed by atoms with Gasteiger partial charge in [0.1, 0.15) is 4.90 Å². The molecule has 0 unspecified atom stereocenters.